The van der Waals surface area contributed by atoms with Crippen molar-refractivity contribution in [1.29, 1.82) is 0 Å². The molecule has 0 aliphatic heterocycles. The minimum Gasteiger partial charge on any atom is -0.458 e. The van der Waals surface area contributed by atoms with Crippen LogP contribution in [0.5, 0.6) is 0 Å². The van der Waals surface area contributed by atoms with E-state index in [4.69, 9.17) is 9.47 Å². The lowest BCUT2D eigenvalue weighted by Crippen LogP contribution is -2.46. The fraction of sp³-hybridized carbons (Fsp3) is 0.321. The molecule has 1 N–H and O–H groups in total. The van der Waals surface area contributed by atoms with Gasteiger partial charge in [-0.05, 0) is 61.6 Å². The number of esters is 1. The standard InChI is InChI=1S/C28H30N2O4/c1-18-13-14-19(16-29-18)15-25(26(31)34-28(2,3)4)30-27(32)33-17-24-22-11-7-5-9-20(22)21-10-6-8-12-23(21)24/h5-14,16,24-25H,15,17H2,1-4H3,(H,30,32). The SMILES string of the molecule is Cc1ccc(CC(NC(=O)OCC2c3ccccc3-c3ccccc32)C(=O)OC(C)(C)C)cn1. The van der Waals surface area contributed by atoms with Crippen molar-refractivity contribution >= 4 is 12.1 Å². The molecule has 6 nitrogen and oxygen atoms in total. The summed E-state index contributed by atoms with van der Waals surface area (Å²) in [5.74, 6) is -0.569. The Morgan fingerprint density at radius 1 is 0.971 bits per heavy atom. The molecule has 0 bridgehead atoms. The third kappa shape index (κ3) is 5.45. The average Bonchev–Trinajstić information content (AvgIpc) is 3.11. The smallest absolute Gasteiger partial charge is 0.407 e. The molecule has 1 atom stereocenters. The molecule has 3 aromatic rings. The van der Waals surface area contributed by atoms with Crippen LogP contribution in [-0.4, -0.2) is 35.3 Å². The van der Waals surface area contributed by atoms with Crippen LogP contribution in [0, 0.1) is 6.92 Å². The van der Waals surface area contributed by atoms with Crippen LogP contribution in [0.15, 0.2) is 66.9 Å². The van der Waals surface area contributed by atoms with Crippen molar-refractivity contribution in [1.82, 2.24) is 10.3 Å². The number of aryl methyl sites for hydroxylation is 1. The van der Waals surface area contributed by atoms with Crippen molar-refractivity contribution < 1.29 is 19.1 Å². The highest BCUT2D eigenvalue weighted by Gasteiger charge is 2.31. The molecule has 34 heavy (non-hydrogen) atoms. The summed E-state index contributed by atoms with van der Waals surface area (Å²) in [5.41, 5.74) is 5.60. The van der Waals surface area contributed by atoms with E-state index in [0.717, 1.165) is 33.5 Å². The molecule has 176 valence electrons. The minimum atomic E-state index is -0.889. The van der Waals surface area contributed by atoms with Gasteiger partial charge in [0.05, 0.1) is 0 Å². The molecule has 4 rings (SSSR count). The number of hydrogen-bond donors (Lipinski definition) is 1. The molecule has 0 spiro atoms. The predicted octanol–water partition coefficient (Wildman–Crippen LogP) is 5.18. The zero-order valence-corrected chi connectivity index (χ0v) is 20.0. The first kappa shape index (κ1) is 23.5. The number of ether oxygens (including phenoxy) is 2. The molecule has 0 fully saturated rings. The van der Waals surface area contributed by atoms with Crippen LogP contribution in [-0.2, 0) is 20.7 Å². The number of nitrogens with zero attached hydrogens (tertiary/aromatic N) is 1. The first-order chi connectivity index (χ1) is 16.2. The second-order valence-electron chi connectivity index (χ2n) is 9.57. The Bertz CT molecular complexity index is 1140. The summed E-state index contributed by atoms with van der Waals surface area (Å²) >= 11 is 0. The van der Waals surface area contributed by atoms with Crippen LogP contribution in [0.2, 0.25) is 0 Å². The minimum absolute atomic E-state index is 0.0561. The van der Waals surface area contributed by atoms with E-state index in [0.29, 0.717) is 0 Å². The number of amides is 1. The number of carbonyl (C=O) groups excluding carboxylic acids is 2. The van der Waals surface area contributed by atoms with Crippen LogP contribution < -0.4 is 5.32 Å². The van der Waals surface area contributed by atoms with E-state index < -0.39 is 23.7 Å². The maximum atomic E-state index is 12.8. The van der Waals surface area contributed by atoms with Gasteiger partial charge in [-0.1, -0.05) is 54.6 Å². The Balaban J connectivity index is 1.46. The summed E-state index contributed by atoms with van der Waals surface area (Å²) < 4.78 is 11.2. The fourth-order valence-electron chi connectivity index (χ4n) is 4.20. The lowest BCUT2D eigenvalue weighted by Gasteiger charge is -2.24. The summed E-state index contributed by atoms with van der Waals surface area (Å²) in [7, 11) is 0. The Morgan fingerprint density at radius 3 is 2.15 bits per heavy atom. The third-order valence-electron chi connectivity index (χ3n) is 5.74. The van der Waals surface area contributed by atoms with Crippen molar-refractivity contribution in [2.45, 2.75) is 51.7 Å². The molecular formula is C28H30N2O4. The number of alkyl carbamates (subject to hydrolysis) is 1. The molecule has 6 heteroatoms. The summed E-state index contributed by atoms with van der Waals surface area (Å²) in [6.07, 6.45) is 1.30. The van der Waals surface area contributed by atoms with Crippen LogP contribution in [0.25, 0.3) is 11.1 Å². The van der Waals surface area contributed by atoms with Gasteiger partial charge >= 0.3 is 12.1 Å². The number of pyridine rings is 1. The van der Waals surface area contributed by atoms with Gasteiger partial charge in [-0.3, -0.25) is 4.98 Å². The fourth-order valence-corrected chi connectivity index (χ4v) is 4.20. The highest BCUT2D eigenvalue weighted by Crippen LogP contribution is 2.44. The Hall–Kier alpha value is -3.67. The third-order valence-corrected chi connectivity index (χ3v) is 5.74. The number of fused-ring (bicyclic) bond motifs is 3. The largest absolute Gasteiger partial charge is 0.458 e. The van der Waals surface area contributed by atoms with Crippen molar-refractivity contribution in [3.8, 4) is 11.1 Å². The predicted molar refractivity (Wildman–Crippen MR) is 131 cm³/mol. The molecule has 0 saturated heterocycles. The Kier molecular flexibility index (Phi) is 6.68. The van der Waals surface area contributed by atoms with E-state index in [2.05, 4.69) is 34.6 Å². The Labute approximate surface area is 200 Å². The second-order valence-corrected chi connectivity index (χ2v) is 9.57. The molecule has 0 saturated carbocycles. The molecule has 1 aliphatic rings. The number of nitrogens with one attached hydrogen (secondary N) is 1. The van der Waals surface area contributed by atoms with Crippen LogP contribution >= 0.6 is 0 Å². The van der Waals surface area contributed by atoms with Gasteiger partial charge in [0.2, 0.25) is 0 Å². The monoisotopic (exact) mass is 458 g/mol. The van der Waals surface area contributed by atoms with Crippen molar-refractivity contribution in [2.75, 3.05) is 6.61 Å². The molecule has 1 aliphatic carbocycles. The number of rotatable bonds is 6. The molecular weight excluding hydrogens is 428 g/mol. The van der Waals surface area contributed by atoms with Gasteiger partial charge in [0, 0.05) is 24.2 Å². The van der Waals surface area contributed by atoms with E-state index in [-0.39, 0.29) is 18.9 Å². The van der Waals surface area contributed by atoms with Crippen LogP contribution in [0.4, 0.5) is 4.79 Å². The van der Waals surface area contributed by atoms with Crippen LogP contribution in [0.3, 0.4) is 0 Å². The molecule has 1 unspecified atom stereocenters. The lowest BCUT2D eigenvalue weighted by atomic mass is 9.98. The normalized spacial score (nSPS) is 13.5. The van der Waals surface area contributed by atoms with Crippen molar-refractivity contribution in [2.24, 2.45) is 0 Å². The number of carbonyl (C=O) groups is 2. The van der Waals surface area contributed by atoms with Gasteiger partial charge in [-0.25, -0.2) is 9.59 Å². The average molecular weight is 459 g/mol. The Morgan fingerprint density at radius 2 is 1.59 bits per heavy atom. The topological polar surface area (TPSA) is 77.5 Å². The van der Waals surface area contributed by atoms with Crippen molar-refractivity contribution in [3.05, 3.63) is 89.2 Å². The zero-order chi connectivity index (χ0) is 24.3. The molecule has 1 amide bonds. The second kappa shape index (κ2) is 9.67. The van der Waals surface area contributed by atoms with Gasteiger partial charge in [0.15, 0.2) is 0 Å². The maximum absolute atomic E-state index is 12.8. The maximum Gasteiger partial charge on any atom is 0.407 e. The summed E-state index contributed by atoms with van der Waals surface area (Å²) in [4.78, 5) is 29.9. The first-order valence-corrected chi connectivity index (χ1v) is 11.5. The van der Waals surface area contributed by atoms with Crippen LogP contribution in [0.1, 0.15) is 49.1 Å². The summed E-state index contributed by atoms with van der Waals surface area (Å²) in [6.45, 7) is 7.45. The highest BCUT2D eigenvalue weighted by molar-refractivity contribution is 5.82. The van der Waals surface area contributed by atoms with E-state index in [1.165, 1.54) is 0 Å². The lowest BCUT2D eigenvalue weighted by molar-refractivity contribution is -0.157. The number of hydrogen-bond acceptors (Lipinski definition) is 5. The van der Waals surface area contributed by atoms with Crippen molar-refractivity contribution in [3.63, 3.8) is 0 Å². The summed E-state index contributed by atoms with van der Waals surface area (Å²) in [5, 5.41) is 2.71. The van der Waals surface area contributed by atoms with Gasteiger partial charge in [0.1, 0.15) is 18.2 Å². The molecule has 0 radical (unpaired) electrons. The molecule has 2 aromatic carbocycles. The summed E-state index contributed by atoms with van der Waals surface area (Å²) in [6, 6.07) is 19.2. The van der Waals surface area contributed by atoms with Gasteiger partial charge in [-0.15, -0.1) is 0 Å². The molecule has 1 heterocycles. The quantitative estimate of drug-likeness (QED) is 0.515. The van der Waals surface area contributed by atoms with Gasteiger partial charge < -0.3 is 14.8 Å². The highest BCUT2D eigenvalue weighted by atomic mass is 16.6. The number of aromatic nitrogens is 1. The molecule has 1 aromatic heterocycles. The van der Waals surface area contributed by atoms with Gasteiger partial charge in [-0.2, -0.15) is 0 Å². The van der Waals surface area contributed by atoms with E-state index >= 15 is 0 Å². The van der Waals surface area contributed by atoms with E-state index in [1.54, 1.807) is 27.0 Å². The van der Waals surface area contributed by atoms with Gasteiger partial charge in [0.25, 0.3) is 0 Å². The number of benzene rings is 2. The zero-order valence-electron chi connectivity index (χ0n) is 20.0. The van der Waals surface area contributed by atoms with E-state index in [1.807, 2.05) is 43.3 Å². The first-order valence-electron chi connectivity index (χ1n) is 11.5. The van der Waals surface area contributed by atoms with E-state index in [9.17, 15) is 9.59 Å².